The summed E-state index contributed by atoms with van der Waals surface area (Å²) < 4.78 is 20.6. The van der Waals surface area contributed by atoms with Gasteiger partial charge in [-0.2, -0.15) is 5.10 Å². The number of aryl methyl sites for hydroxylation is 2. The van der Waals surface area contributed by atoms with E-state index in [9.17, 15) is 9.18 Å². The fourth-order valence-electron chi connectivity index (χ4n) is 3.15. The van der Waals surface area contributed by atoms with Gasteiger partial charge >= 0.3 is 0 Å². The molecule has 0 bridgehead atoms. The number of benzene rings is 1. The summed E-state index contributed by atoms with van der Waals surface area (Å²) in [5.74, 6) is 1.27. The average molecular weight is 397 g/mol. The number of nitrogens with zero attached hydrogens (tertiary/aromatic N) is 3. The van der Waals surface area contributed by atoms with Crippen LogP contribution in [-0.4, -0.2) is 27.6 Å². The number of aromatic nitrogens is 2. The third kappa shape index (κ3) is 3.57. The summed E-state index contributed by atoms with van der Waals surface area (Å²) in [5, 5.41) is 5.55. The van der Waals surface area contributed by atoms with Crippen molar-refractivity contribution in [2.45, 2.75) is 26.9 Å². The second-order valence-corrected chi connectivity index (χ2v) is 7.90. The molecule has 0 spiro atoms. The number of thiophene rings is 1. The van der Waals surface area contributed by atoms with Gasteiger partial charge in [-0.15, -0.1) is 11.3 Å². The lowest BCUT2D eigenvalue weighted by Crippen LogP contribution is -2.25. The number of hydrogen-bond acceptors (Lipinski definition) is 4. The van der Waals surface area contributed by atoms with Crippen molar-refractivity contribution in [1.29, 1.82) is 0 Å². The van der Waals surface area contributed by atoms with Gasteiger partial charge in [-0.25, -0.2) is 4.39 Å². The summed E-state index contributed by atoms with van der Waals surface area (Å²) in [7, 11) is 1.77. The molecule has 0 saturated heterocycles. The Morgan fingerprint density at radius 2 is 1.96 bits per heavy atom. The van der Waals surface area contributed by atoms with Gasteiger partial charge in [0, 0.05) is 12.4 Å². The Bertz CT molecular complexity index is 1140. The van der Waals surface area contributed by atoms with E-state index in [-0.39, 0.29) is 11.7 Å². The fourth-order valence-corrected chi connectivity index (χ4v) is 4.31. The maximum atomic E-state index is 13.1. The lowest BCUT2D eigenvalue weighted by molar-refractivity contribution is 0.0780. The van der Waals surface area contributed by atoms with Gasteiger partial charge in [-0.05, 0) is 49.7 Å². The van der Waals surface area contributed by atoms with Crippen LogP contribution < -0.4 is 0 Å². The minimum atomic E-state index is -0.260. The summed E-state index contributed by atoms with van der Waals surface area (Å²) in [6, 6.07) is 12.0. The molecule has 0 aliphatic carbocycles. The van der Waals surface area contributed by atoms with Crippen LogP contribution in [0.3, 0.4) is 0 Å². The molecule has 0 fully saturated rings. The summed E-state index contributed by atoms with van der Waals surface area (Å²) in [4.78, 5) is 16.1. The molecule has 0 unspecified atom stereocenters. The zero-order valence-corrected chi connectivity index (χ0v) is 16.7. The average Bonchev–Trinajstić information content (AvgIpc) is 3.34. The molecule has 1 aromatic carbocycles. The summed E-state index contributed by atoms with van der Waals surface area (Å²) in [6.07, 6.45) is 0. The van der Waals surface area contributed by atoms with Crippen molar-refractivity contribution in [3.63, 3.8) is 0 Å². The highest BCUT2D eigenvalue weighted by Gasteiger charge is 2.20. The monoisotopic (exact) mass is 397 g/mol. The molecular formula is C21H20FN3O2S. The SMILES string of the molecule is Cc1ccc(CN(C)C(=O)c2cc3c(C)nn(Cc4ccc(F)cc4)c3s2)o1. The van der Waals surface area contributed by atoms with Crippen LogP contribution in [0.2, 0.25) is 0 Å². The summed E-state index contributed by atoms with van der Waals surface area (Å²) in [5.41, 5.74) is 1.83. The normalized spacial score (nSPS) is 11.3. The second kappa shape index (κ2) is 7.24. The van der Waals surface area contributed by atoms with E-state index in [4.69, 9.17) is 4.42 Å². The Morgan fingerprint density at radius 1 is 1.21 bits per heavy atom. The molecule has 0 atom stereocenters. The van der Waals surface area contributed by atoms with Gasteiger partial charge in [0.2, 0.25) is 0 Å². The molecule has 0 aliphatic heterocycles. The standard InChI is InChI=1S/C21H20FN3O2S/c1-13-4-9-17(27-13)12-24(3)20(26)19-10-18-14(2)23-25(21(18)28-19)11-15-5-7-16(22)8-6-15/h4-10H,11-12H2,1-3H3. The van der Waals surface area contributed by atoms with Crippen LogP contribution in [0.15, 0.2) is 46.9 Å². The highest BCUT2D eigenvalue weighted by molar-refractivity contribution is 7.20. The van der Waals surface area contributed by atoms with E-state index in [1.54, 1.807) is 24.1 Å². The van der Waals surface area contributed by atoms with Gasteiger partial charge in [0.05, 0.1) is 23.7 Å². The molecule has 3 aromatic heterocycles. The molecule has 0 N–H and O–H groups in total. The van der Waals surface area contributed by atoms with Crippen molar-refractivity contribution >= 4 is 27.5 Å². The summed E-state index contributed by atoms with van der Waals surface area (Å²) in [6.45, 7) is 4.76. The van der Waals surface area contributed by atoms with Crippen LogP contribution in [-0.2, 0) is 13.1 Å². The van der Waals surface area contributed by atoms with Crippen molar-refractivity contribution in [2.24, 2.45) is 0 Å². The minimum absolute atomic E-state index is 0.0528. The number of carbonyl (C=O) groups is 1. The molecule has 7 heteroatoms. The molecule has 5 nitrogen and oxygen atoms in total. The van der Waals surface area contributed by atoms with Gasteiger partial charge in [-0.1, -0.05) is 12.1 Å². The van der Waals surface area contributed by atoms with Crippen LogP contribution in [0.25, 0.3) is 10.2 Å². The van der Waals surface area contributed by atoms with Gasteiger partial charge in [0.25, 0.3) is 5.91 Å². The molecule has 0 aliphatic rings. The fraction of sp³-hybridized carbons (Fsp3) is 0.238. The van der Waals surface area contributed by atoms with E-state index in [0.717, 1.165) is 33.0 Å². The third-order valence-corrected chi connectivity index (χ3v) is 5.74. The van der Waals surface area contributed by atoms with Crippen LogP contribution >= 0.6 is 11.3 Å². The Kier molecular flexibility index (Phi) is 4.77. The van der Waals surface area contributed by atoms with E-state index in [0.29, 0.717) is 18.0 Å². The molecule has 0 radical (unpaired) electrons. The minimum Gasteiger partial charge on any atom is -0.464 e. The Balaban J connectivity index is 1.58. The highest BCUT2D eigenvalue weighted by Crippen LogP contribution is 2.30. The Labute approximate surface area is 166 Å². The molecule has 28 heavy (non-hydrogen) atoms. The molecule has 0 saturated carbocycles. The first-order valence-corrected chi connectivity index (χ1v) is 9.74. The Hall–Kier alpha value is -2.93. The van der Waals surface area contributed by atoms with Crippen molar-refractivity contribution in [3.8, 4) is 0 Å². The van der Waals surface area contributed by atoms with Gasteiger partial charge in [0.15, 0.2) is 0 Å². The lowest BCUT2D eigenvalue weighted by atomic mass is 10.2. The van der Waals surface area contributed by atoms with E-state index < -0.39 is 0 Å². The van der Waals surface area contributed by atoms with E-state index in [1.807, 2.05) is 36.7 Å². The second-order valence-electron chi connectivity index (χ2n) is 6.87. The van der Waals surface area contributed by atoms with Gasteiger partial charge < -0.3 is 9.32 Å². The van der Waals surface area contributed by atoms with E-state index in [1.165, 1.54) is 23.5 Å². The molecule has 3 heterocycles. The topological polar surface area (TPSA) is 51.3 Å². The zero-order valence-electron chi connectivity index (χ0n) is 15.9. The predicted octanol–water partition coefficient (Wildman–Crippen LogP) is 4.77. The maximum absolute atomic E-state index is 13.1. The highest BCUT2D eigenvalue weighted by atomic mass is 32.1. The lowest BCUT2D eigenvalue weighted by Gasteiger charge is -2.14. The van der Waals surface area contributed by atoms with E-state index in [2.05, 4.69) is 5.10 Å². The number of amides is 1. The van der Waals surface area contributed by atoms with Crippen molar-refractivity contribution in [1.82, 2.24) is 14.7 Å². The Morgan fingerprint density at radius 3 is 2.64 bits per heavy atom. The van der Waals surface area contributed by atoms with Crippen molar-refractivity contribution in [2.75, 3.05) is 7.05 Å². The van der Waals surface area contributed by atoms with Gasteiger partial charge in [-0.3, -0.25) is 9.48 Å². The smallest absolute Gasteiger partial charge is 0.264 e. The van der Waals surface area contributed by atoms with Crippen LogP contribution in [0.4, 0.5) is 4.39 Å². The van der Waals surface area contributed by atoms with Crippen molar-refractivity contribution in [3.05, 3.63) is 75.9 Å². The van der Waals surface area contributed by atoms with Gasteiger partial charge in [0.1, 0.15) is 22.2 Å². The molecule has 4 rings (SSSR count). The molecule has 1 amide bonds. The number of hydrogen-bond donors (Lipinski definition) is 0. The number of furan rings is 1. The largest absolute Gasteiger partial charge is 0.464 e. The first-order valence-electron chi connectivity index (χ1n) is 8.93. The van der Waals surface area contributed by atoms with Crippen LogP contribution in [0.1, 0.15) is 32.4 Å². The quantitative estimate of drug-likeness (QED) is 0.488. The van der Waals surface area contributed by atoms with E-state index >= 15 is 0 Å². The molecule has 144 valence electrons. The number of rotatable bonds is 5. The zero-order chi connectivity index (χ0) is 19.8. The summed E-state index contributed by atoms with van der Waals surface area (Å²) >= 11 is 1.42. The maximum Gasteiger partial charge on any atom is 0.264 e. The first-order chi connectivity index (χ1) is 13.4. The van der Waals surface area contributed by atoms with Crippen LogP contribution in [0.5, 0.6) is 0 Å². The predicted molar refractivity (Wildman–Crippen MR) is 107 cm³/mol. The van der Waals surface area contributed by atoms with Crippen molar-refractivity contribution < 1.29 is 13.6 Å². The third-order valence-electron chi connectivity index (χ3n) is 4.60. The number of carbonyl (C=O) groups excluding carboxylic acids is 1. The molecular weight excluding hydrogens is 377 g/mol. The van der Waals surface area contributed by atoms with Crippen LogP contribution in [0, 0.1) is 19.7 Å². The number of halogens is 1. The molecule has 4 aromatic rings. The number of fused-ring (bicyclic) bond motifs is 1. The first kappa shape index (κ1) is 18.4.